The van der Waals surface area contributed by atoms with Gasteiger partial charge in [-0.25, -0.2) is 8.78 Å². The van der Waals surface area contributed by atoms with Crippen LogP contribution in [0.1, 0.15) is 10.4 Å². The fraction of sp³-hybridized carbons (Fsp3) is 0. The Bertz CT molecular complexity index is 629. The van der Waals surface area contributed by atoms with E-state index in [0.717, 1.165) is 6.07 Å². The highest BCUT2D eigenvalue weighted by molar-refractivity contribution is 6.30. The second-order valence-corrected chi connectivity index (χ2v) is 4.25. The first-order valence-electron chi connectivity index (χ1n) is 5.29. The molecule has 6 heteroatoms. The number of rotatable bonds is 2. The molecule has 2 aromatic rings. The van der Waals surface area contributed by atoms with Gasteiger partial charge in [-0.2, -0.15) is 0 Å². The van der Waals surface area contributed by atoms with Gasteiger partial charge >= 0.3 is 0 Å². The van der Waals surface area contributed by atoms with E-state index < -0.39 is 17.5 Å². The minimum Gasteiger partial charge on any atom is -0.396 e. The number of amides is 1. The van der Waals surface area contributed by atoms with Crippen molar-refractivity contribution in [1.82, 2.24) is 0 Å². The summed E-state index contributed by atoms with van der Waals surface area (Å²) in [6, 6.07) is 7.80. The summed E-state index contributed by atoms with van der Waals surface area (Å²) in [5.74, 6) is -2.59. The molecule has 0 saturated carbocycles. The molecule has 2 aromatic carbocycles. The number of carbonyl (C=O) groups is 1. The van der Waals surface area contributed by atoms with Crippen LogP contribution in [0.2, 0.25) is 5.02 Å². The lowest BCUT2D eigenvalue weighted by Crippen LogP contribution is -2.14. The van der Waals surface area contributed by atoms with Gasteiger partial charge in [0.25, 0.3) is 5.91 Å². The average molecular weight is 283 g/mol. The molecule has 0 aliphatic rings. The lowest BCUT2D eigenvalue weighted by atomic mass is 10.1. The van der Waals surface area contributed by atoms with Gasteiger partial charge in [-0.15, -0.1) is 0 Å². The molecule has 3 nitrogen and oxygen atoms in total. The summed E-state index contributed by atoms with van der Waals surface area (Å²) >= 11 is 5.70. The van der Waals surface area contributed by atoms with Crippen LogP contribution < -0.4 is 11.1 Å². The molecule has 0 fully saturated rings. The Kier molecular flexibility index (Phi) is 3.66. The monoisotopic (exact) mass is 282 g/mol. The summed E-state index contributed by atoms with van der Waals surface area (Å²) in [6.07, 6.45) is 0. The SMILES string of the molecule is Nc1cc(C(=O)Nc2ccc(Cl)cc2)c(F)cc1F. The molecule has 0 unspecified atom stereocenters. The summed E-state index contributed by atoms with van der Waals surface area (Å²) in [6.45, 7) is 0. The van der Waals surface area contributed by atoms with Crippen LogP contribution in [0, 0.1) is 11.6 Å². The zero-order valence-corrected chi connectivity index (χ0v) is 10.3. The second kappa shape index (κ2) is 5.24. The summed E-state index contributed by atoms with van der Waals surface area (Å²) in [4.78, 5) is 11.8. The minimum absolute atomic E-state index is 0.289. The van der Waals surface area contributed by atoms with Gasteiger partial charge in [-0.1, -0.05) is 11.6 Å². The van der Waals surface area contributed by atoms with Gasteiger partial charge in [-0.05, 0) is 30.3 Å². The molecule has 0 saturated heterocycles. The van der Waals surface area contributed by atoms with Crippen molar-refractivity contribution in [3.63, 3.8) is 0 Å². The van der Waals surface area contributed by atoms with Crippen LogP contribution in [0.4, 0.5) is 20.2 Å². The van der Waals surface area contributed by atoms with E-state index in [-0.39, 0.29) is 11.3 Å². The molecule has 0 radical (unpaired) electrons. The van der Waals surface area contributed by atoms with E-state index in [2.05, 4.69) is 5.32 Å². The Morgan fingerprint density at radius 3 is 2.37 bits per heavy atom. The van der Waals surface area contributed by atoms with Crippen LogP contribution in [-0.4, -0.2) is 5.91 Å². The maximum atomic E-state index is 13.5. The standard InChI is InChI=1S/C13H9ClF2N2O/c14-7-1-3-8(4-2-7)18-13(19)9-5-12(17)11(16)6-10(9)15/h1-6H,17H2,(H,18,19). The highest BCUT2D eigenvalue weighted by atomic mass is 35.5. The first-order valence-corrected chi connectivity index (χ1v) is 5.66. The molecular formula is C13H9ClF2N2O. The van der Waals surface area contributed by atoms with Crippen molar-refractivity contribution in [2.75, 3.05) is 11.1 Å². The second-order valence-electron chi connectivity index (χ2n) is 3.81. The number of halogens is 3. The number of hydrogen-bond donors (Lipinski definition) is 2. The largest absolute Gasteiger partial charge is 0.396 e. The first kappa shape index (κ1) is 13.3. The van der Waals surface area contributed by atoms with Crippen molar-refractivity contribution in [3.05, 3.63) is 58.6 Å². The van der Waals surface area contributed by atoms with Crippen LogP contribution in [0.25, 0.3) is 0 Å². The van der Waals surface area contributed by atoms with Gasteiger partial charge in [0.2, 0.25) is 0 Å². The summed E-state index contributed by atoms with van der Waals surface area (Å²) in [5, 5.41) is 2.97. The van der Waals surface area contributed by atoms with Crippen LogP contribution >= 0.6 is 11.6 Å². The normalized spacial score (nSPS) is 10.3. The number of hydrogen-bond acceptors (Lipinski definition) is 2. The molecule has 0 aromatic heterocycles. The predicted molar refractivity (Wildman–Crippen MR) is 70.2 cm³/mol. The maximum Gasteiger partial charge on any atom is 0.258 e. The fourth-order valence-electron chi connectivity index (χ4n) is 1.47. The van der Waals surface area contributed by atoms with E-state index in [0.29, 0.717) is 16.8 Å². The smallest absolute Gasteiger partial charge is 0.258 e. The molecule has 19 heavy (non-hydrogen) atoms. The third-order valence-corrected chi connectivity index (χ3v) is 2.69. The van der Waals surface area contributed by atoms with Crippen molar-refractivity contribution in [3.8, 4) is 0 Å². The zero-order valence-electron chi connectivity index (χ0n) is 9.58. The molecule has 0 aliphatic heterocycles. The Morgan fingerprint density at radius 2 is 1.74 bits per heavy atom. The Morgan fingerprint density at radius 1 is 1.11 bits per heavy atom. The highest BCUT2D eigenvalue weighted by Crippen LogP contribution is 2.19. The molecule has 3 N–H and O–H groups in total. The summed E-state index contributed by atoms with van der Waals surface area (Å²) in [7, 11) is 0. The third kappa shape index (κ3) is 3.00. The van der Waals surface area contributed by atoms with Gasteiger partial charge in [0, 0.05) is 16.8 Å². The third-order valence-electron chi connectivity index (χ3n) is 2.43. The molecule has 1 amide bonds. The molecule has 98 valence electrons. The molecule has 0 atom stereocenters. The van der Waals surface area contributed by atoms with Crippen LogP contribution in [-0.2, 0) is 0 Å². The van der Waals surface area contributed by atoms with Gasteiger partial charge in [0.05, 0.1) is 11.3 Å². The molecule has 2 rings (SSSR count). The van der Waals surface area contributed by atoms with Crippen molar-refractivity contribution >= 4 is 28.9 Å². The minimum atomic E-state index is -0.974. The maximum absolute atomic E-state index is 13.5. The van der Waals surface area contributed by atoms with Crippen molar-refractivity contribution < 1.29 is 13.6 Å². The van der Waals surface area contributed by atoms with E-state index in [4.69, 9.17) is 17.3 Å². The van der Waals surface area contributed by atoms with E-state index in [1.807, 2.05) is 0 Å². The van der Waals surface area contributed by atoms with Gasteiger partial charge in [0.1, 0.15) is 11.6 Å². The average Bonchev–Trinajstić information content (AvgIpc) is 2.36. The van der Waals surface area contributed by atoms with E-state index in [1.165, 1.54) is 0 Å². The number of carbonyl (C=O) groups excluding carboxylic acids is 1. The van der Waals surface area contributed by atoms with E-state index in [9.17, 15) is 13.6 Å². The van der Waals surface area contributed by atoms with Gasteiger partial charge < -0.3 is 11.1 Å². The Hall–Kier alpha value is -2.14. The van der Waals surface area contributed by atoms with E-state index in [1.54, 1.807) is 24.3 Å². The van der Waals surface area contributed by atoms with Crippen LogP contribution in [0.3, 0.4) is 0 Å². The van der Waals surface area contributed by atoms with E-state index >= 15 is 0 Å². The number of nitrogen functional groups attached to an aromatic ring is 1. The van der Waals surface area contributed by atoms with Crippen molar-refractivity contribution in [1.29, 1.82) is 0 Å². The molecule has 0 heterocycles. The topological polar surface area (TPSA) is 55.1 Å². The van der Waals surface area contributed by atoms with Crippen LogP contribution in [0.5, 0.6) is 0 Å². The Labute approximate surface area is 113 Å². The van der Waals surface area contributed by atoms with Crippen LogP contribution in [0.15, 0.2) is 36.4 Å². The lowest BCUT2D eigenvalue weighted by Gasteiger charge is -2.07. The lowest BCUT2D eigenvalue weighted by molar-refractivity contribution is 0.102. The number of nitrogens with one attached hydrogen (secondary N) is 1. The van der Waals surface area contributed by atoms with Gasteiger partial charge in [-0.3, -0.25) is 4.79 Å². The fourth-order valence-corrected chi connectivity index (χ4v) is 1.60. The van der Waals surface area contributed by atoms with Crippen molar-refractivity contribution in [2.24, 2.45) is 0 Å². The number of benzene rings is 2. The predicted octanol–water partition coefficient (Wildman–Crippen LogP) is 3.45. The van der Waals surface area contributed by atoms with Crippen molar-refractivity contribution in [2.45, 2.75) is 0 Å². The Balaban J connectivity index is 2.25. The molecular weight excluding hydrogens is 274 g/mol. The summed E-state index contributed by atoms with van der Waals surface area (Å²) < 4.78 is 26.5. The zero-order chi connectivity index (χ0) is 14.0. The quantitative estimate of drug-likeness (QED) is 0.829. The highest BCUT2D eigenvalue weighted by Gasteiger charge is 2.15. The molecule has 0 spiro atoms. The number of anilines is 2. The number of nitrogens with two attached hydrogens (primary N) is 1. The summed E-state index contributed by atoms with van der Waals surface area (Å²) in [5.41, 5.74) is 5.13. The molecule has 0 bridgehead atoms. The van der Waals surface area contributed by atoms with Gasteiger partial charge in [0.15, 0.2) is 0 Å². The first-order chi connectivity index (χ1) is 8.97. The molecule has 0 aliphatic carbocycles.